The van der Waals surface area contributed by atoms with Crippen molar-refractivity contribution in [3.05, 3.63) is 23.8 Å². The summed E-state index contributed by atoms with van der Waals surface area (Å²) in [5.41, 5.74) is 1.42. The molecule has 156 valence electrons. The fourth-order valence-corrected chi connectivity index (χ4v) is 4.12. The van der Waals surface area contributed by atoms with E-state index in [-0.39, 0.29) is 10.8 Å². The lowest BCUT2D eigenvalue weighted by Gasteiger charge is -2.33. The summed E-state index contributed by atoms with van der Waals surface area (Å²) in [5, 5.41) is 0. The monoisotopic (exact) mass is 396 g/mol. The molecule has 0 aromatic heterocycles. The zero-order chi connectivity index (χ0) is 20.5. The summed E-state index contributed by atoms with van der Waals surface area (Å²) < 4.78 is 23.2. The minimum atomic E-state index is -1.37. The lowest BCUT2D eigenvalue weighted by molar-refractivity contribution is 0.281. The van der Waals surface area contributed by atoms with Gasteiger partial charge in [-0.1, -0.05) is 79.7 Å². The molecule has 0 amide bonds. The van der Waals surface area contributed by atoms with E-state index in [0.717, 1.165) is 12.8 Å². The zero-order valence-corrected chi connectivity index (χ0v) is 19.3. The predicted molar refractivity (Wildman–Crippen MR) is 117 cm³/mol. The summed E-state index contributed by atoms with van der Waals surface area (Å²) in [6.45, 7) is 14.2. The number of benzene rings is 1. The average molecular weight is 397 g/mol. The van der Waals surface area contributed by atoms with Crippen molar-refractivity contribution in [2.75, 3.05) is 12.9 Å². The summed E-state index contributed by atoms with van der Waals surface area (Å²) in [6.07, 6.45) is 9.96. The molecule has 0 aliphatic rings. The van der Waals surface area contributed by atoms with E-state index in [2.05, 4.69) is 47.6 Å². The molecule has 0 heterocycles. The van der Waals surface area contributed by atoms with Gasteiger partial charge in [0.1, 0.15) is 0 Å². The Morgan fingerprint density at radius 2 is 1.56 bits per heavy atom. The molecule has 4 heteroatoms. The van der Waals surface area contributed by atoms with Crippen molar-refractivity contribution in [3.8, 4) is 11.5 Å². The van der Waals surface area contributed by atoms with Gasteiger partial charge in [-0.3, -0.25) is 0 Å². The second-order valence-electron chi connectivity index (χ2n) is 9.38. The van der Waals surface area contributed by atoms with Gasteiger partial charge in [-0.2, -0.15) is 0 Å². The van der Waals surface area contributed by atoms with Crippen LogP contribution in [0.3, 0.4) is 0 Å². The fraction of sp³-hybridized carbons (Fsp3) is 0.739. The Hall–Kier alpha value is -1.03. The van der Waals surface area contributed by atoms with Gasteiger partial charge in [0.15, 0.2) is 11.5 Å². The van der Waals surface area contributed by atoms with Crippen molar-refractivity contribution in [3.63, 3.8) is 0 Å². The van der Waals surface area contributed by atoms with E-state index in [0.29, 0.717) is 18.1 Å². The van der Waals surface area contributed by atoms with Crippen LogP contribution in [0.2, 0.25) is 0 Å². The van der Waals surface area contributed by atoms with Crippen LogP contribution in [-0.2, 0) is 16.5 Å². The Morgan fingerprint density at radius 3 is 2.15 bits per heavy atom. The standard InChI is InChI=1S/C23H40O3S/c1-8-9-10-11-12-13-16-25-20-15-14-19(17-21(20)26-27(7)24)23(5,6)18-22(2,3)4/h14-15,17H,8-13,16,18H2,1-7H3. The summed E-state index contributed by atoms with van der Waals surface area (Å²) in [6, 6.07) is 6.09. The van der Waals surface area contributed by atoms with Crippen molar-refractivity contribution >= 4 is 11.1 Å². The molecule has 1 atom stereocenters. The smallest absolute Gasteiger partial charge is 0.203 e. The lowest BCUT2D eigenvalue weighted by Crippen LogP contribution is -2.24. The molecule has 1 unspecified atom stereocenters. The molecule has 0 aliphatic heterocycles. The van der Waals surface area contributed by atoms with Gasteiger partial charge in [0.2, 0.25) is 11.1 Å². The van der Waals surface area contributed by atoms with Crippen molar-refractivity contribution in [1.82, 2.24) is 0 Å². The first-order valence-electron chi connectivity index (χ1n) is 10.3. The Kier molecular flexibility index (Phi) is 9.86. The summed E-state index contributed by atoms with van der Waals surface area (Å²) in [5.74, 6) is 1.27. The highest BCUT2D eigenvalue weighted by atomic mass is 32.2. The van der Waals surface area contributed by atoms with Gasteiger partial charge in [0, 0.05) is 6.26 Å². The normalized spacial score (nSPS) is 13.4. The third kappa shape index (κ3) is 9.64. The first-order chi connectivity index (χ1) is 12.5. The molecule has 3 nitrogen and oxygen atoms in total. The number of hydrogen-bond donors (Lipinski definition) is 0. The van der Waals surface area contributed by atoms with Crippen LogP contribution < -0.4 is 8.92 Å². The van der Waals surface area contributed by atoms with Crippen molar-refractivity contribution in [2.24, 2.45) is 5.41 Å². The molecule has 1 rings (SSSR count). The average Bonchev–Trinajstić information content (AvgIpc) is 2.52. The molecule has 0 spiro atoms. The highest BCUT2D eigenvalue weighted by Gasteiger charge is 2.28. The Labute approximate surface area is 169 Å². The van der Waals surface area contributed by atoms with Crippen LogP contribution in [0.4, 0.5) is 0 Å². The molecule has 0 saturated heterocycles. The minimum Gasteiger partial charge on any atom is -0.490 e. The molecule has 1 aromatic rings. The molecule has 1 aromatic carbocycles. The van der Waals surface area contributed by atoms with Gasteiger partial charge in [0.25, 0.3) is 0 Å². The molecule has 27 heavy (non-hydrogen) atoms. The SMILES string of the molecule is CCCCCCCCOc1ccc(C(C)(C)CC(C)(C)C)cc1OS(C)=O. The van der Waals surface area contributed by atoms with E-state index in [1.165, 1.54) is 37.7 Å². The van der Waals surface area contributed by atoms with Gasteiger partial charge in [-0.05, 0) is 41.4 Å². The van der Waals surface area contributed by atoms with Crippen LogP contribution in [0.25, 0.3) is 0 Å². The number of rotatable bonds is 12. The minimum absolute atomic E-state index is 0.00337. The topological polar surface area (TPSA) is 35.5 Å². The maximum Gasteiger partial charge on any atom is 0.203 e. The van der Waals surface area contributed by atoms with Crippen LogP contribution in [0, 0.1) is 5.41 Å². The van der Waals surface area contributed by atoms with Crippen LogP contribution in [0.5, 0.6) is 11.5 Å². The van der Waals surface area contributed by atoms with Crippen LogP contribution in [0.1, 0.15) is 92.1 Å². The third-order valence-corrected chi connectivity index (χ3v) is 5.07. The van der Waals surface area contributed by atoms with Crippen LogP contribution >= 0.6 is 0 Å². The summed E-state index contributed by atoms with van der Waals surface area (Å²) >= 11 is -1.37. The van der Waals surface area contributed by atoms with Crippen molar-refractivity contribution in [1.29, 1.82) is 0 Å². The second kappa shape index (κ2) is 11.1. The molecule has 0 aliphatic carbocycles. The van der Waals surface area contributed by atoms with E-state index in [4.69, 9.17) is 8.92 Å². The first-order valence-corrected chi connectivity index (χ1v) is 11.8. The van der Waals surface area contributed by atoms with Crippen molar-refractivity contribution < 1.29 is 13.1 Å². The van der Waals surface area contributed by atoms with Gasteiger partial charge in [-0.25, -0.2) is 4.21 Å². The van der Waals surface area contributed by atoms with Gasteiger partial charge in [-0.15, -0.1) is 0 Å². The van der Waals surface area contributed by atoms with Crippen LogP contribution in [0.15, 0.2) is 18.2 Å². The highest BCUT2D eigenvalue weighted by Crippen LogP contribution is 2.40. The summed E-state index contributed by atoms with van der Waals surface area (Å²) in [7, 11) is 0. The third-order valence-electron chi connectivity index (χ3n) is 4.66. The van der Waals surface area contributed by atoms with E-state index < -0.39 is 11.1 Å². The number of ether oxygens (including phenoxy) is 1. The predicted octanol–water partition coefficient (Wildman–Crippen LogP) is 6.81. The molecule has 0 bridgehead atoms. The summed E-state index contributed by atoms with van der Waals surface area (Å²) in [4.78, 5) is 0. The molecule has 0 radical (unpaired) electrons. The Morgan fingerprint density at radius 1 is 0.926 bits per heavy atom. The molecular weight excluding hydrogens is 356 g/mol. The number of unbranched alkanes of at least 4 members (excludes halogenated alkanes) is 5. The van der Waals surface area contributed by atoms with Gasteiger partial charge >= 0.3 is 0 Å². The van der Waals surface area contributed by atoms with E-state index >= 15 is 0 Å². The highest BCUT2D eigenvalue weighted by molar-refractivity contribution is 7.79. The van der Waals surface area contributed by atoms with E-state index in [1.807, 2.05) is 12.1 Å². The lowest BCUT2D eigenvalue weighted by atomic mass is 9.72. The van der Waals surface area contributed by atoms with Crippen LogP contribution in [-0.4, -0.2) is 17.1 Å². The maximum absolute atomic E-state index is 11.7. The molecule has 0 saturated carbocycles. The molecule has 0 N–H and O–H groups in total. The Bertz CT molecular complexity index is 588. The first kappa shape index (κ1) is 24.0. The van der Waals surface area contributed by atoms with E-state index in [9.17, 15) is 4.21 Å². The van der Waals surface area contributed by atoms with Gasteiger partial charge in [0.05, 0.1) is 6.61 Å². The zero-order valence-electron chi connectivity index (χ0n) is 18.5. The van der Waals surface area contributed by atoms with E-state index in [1.54, 1.807) is 6.26 Å². The number of hydrogen-bond acceptors (Lipinski definition) is 3. The second-order valence-corrected chi connectivity index (χ2v) is 10.4. The fourth-order valence-electron chi connectivity index (χ4n) is 3.73. The Balaban J connectivity index is 2.79. The molecule has 0 fully saturated rings. The maximum atomic E-state index is 11.7. The quantitative estimate of drug-likeness (QED) is 0.364. The van der Waals surface area contributed by atoms with Crippen molar-refractivity contribution in [2.45, 2.75) is 91.9 Å². The largest absolute Gasteiger partial charge is 0.490 e. The van der Waals surface area contributed by atoms with Gasteiger partial charge < -0.3 is 8.92 Å². The molecular formula is C23H40O3S.